The summed E-state index contributed by atoms with van der Waals surface area (Å²) >= 11 is 20.8. The minimum atomic E-state index is -1.88. The molecule has 0 saturated carbocycles. The maximum Gasteiger partial charge on any atom is 0.187 e. The van der Waals surface area contributed by atoms with Gasteiger partial charge >= 0.3 is 0 Å². The summed E-state index contributed by atoms with van der Waals surface area (Å²) in [6.07, 6.45) is -51.4. The van der Waals surface area contributed by atoms with Crippen LogP contribution in [0.3, 0.4) is 0 Å². The van der Waals surface area contributed by atoms with Gasteiger partial charge in [0.1, 0.15) is 181 Å². The van der Waals surface area contributed by atoms with E-state index in [1.165, 1.54) is 14.2 Å². The predicted octanol–water partition coefficient (Wildman–Crippen LogP) is -14.8. The first kappa shape index (κ1) is 112. The smallest absolute Gasteiger partial charge is 0.187 e. The van der Waals surface area contributed by atoms with Gasteiger partial charge in [0.15, 0.2) is 46.8 Å². The molecule has 40 atom stereocenters. The van der Waals surface area contributed by atoms with Crippen molar-refractivity contribution >= 4 is 87.3 Å². The molecule has 0 aromatic rings. The van der Waals surface area contributed by atoms with Gasteiger partial charge in [-0.2, -0.15) is 0 Å². The number of hydrogen-bond acceptors (Lipinski definition) is 48. The number of thioether (sulfide) groups is 3. The molecule has 48 nitrogen and oxygen atoms in total. The van der Waals surface area contributed by atoms with Crippen molar-refractivity contribution in [3.8, 4) is 0 Å². The van der Waals surface area contributed by atoms with E-state index in [2.05, 4.69) is 31.9 Å². The zero-order chi connectivity index (χ0) is 94.0. The van der Waals surface area contributed by atoms with Gasteiger partial charge in [0.05, 0.1) is 83.9 Å². The third-order valence-corrected chi connectivity index (χ3v) is 27.8. The number of aliphatic hydroxyl groups excluding tert-OH is 25. The molecule has 0 aromatic heterocycles. The normalized spacial score (nSPS) is 41.2. The second-order valence-corrected chi connectivity index (χ2v) is 37.2. The van der Waals surface area contributed by atoms with Gasteiger partial charge < -0.3 is 235 Å². The Morgan fingerprint density at radius 2 is 0.594 bits per heavy atom. The minimum absolute atomic E-state index is 0.0101. The summed E-state index contributed by atoms with van der Waals surface area (Å²) in [5.41, 5.74) is -4.61. The fraction of sp³-hybridized carbons (Fsp3) is 0.959. The number of aliphatic hydroxyl groups is 25. The van der Waals surface area contributed by atoms with Crippen molar-refractivity contribution in [2.45, 2.75) is 270 Å². The molecule has 748 valence electrons. The number of nitrogens with zero attached hydrogens (tertiary/aromatic N) is 1. The lowest BCUT2D eigenvalue weighted by molar-refractivity contribution is -0.351. The van der Waals surface area contributed by atoms with Gasteiger partial charge in [0.25, 0.3) is 0 Å². The molecule has 8 aliphatic rings. The van der Waals surface area contributed by atoms with Crippen LogP contribution >= 0.6 is 71.9 Å². The number of methoxy groups -OCH3 is 2. The van der Waals surface area contributed by atoms with Crippen LogP contribution in [0.2, 0.25) is 0 Å². The Bertz CT molecular complexity index is 3030. The molecule has 31 N–H and O–H groups in total. The molecule has 0 bridgehead atoms. The lowest BCUT2D eigenvalue weighted by Gasteiger charge is -2.46. The molecule has 8 saturated heterocycles. The fourth-order valence-corrected chi connectivity index (χ4v) is 19.3. The Hall–Kier alpha value is -1.56. The maximum atomic E-state index is 11.4. The largest absolute Gasteiger partial charge is 0.394 e. The molecule has 8 fully saturated rings. The van der Waals surface area contributed by atoms with Crippen molar-refractivity contribution < 1.29 is 203 Å². The van der Waals surface area contributed by atoms with Gasteiger partial charge in [0, 0.05) is 98.2 Å². The Kier molecular flexibility index (Phi) is 48.3. The standard InChI is InChI=1S/C74H135N7O41S6/c1-31-33(112-65(52(99)41(31)88)120-60-38(25-85)115-63(107-3)55(102)49(60)96)20-78-71(123)75-8-11-81(12-9-76-72(124)79-21-34-32(2)42(89)53(100)66(113-34)121-61-39(26-86)116-64(108-4)56(103)50(61)97)13-10-77-73(125)80-74(28-109-14-5-17-126-68-57(104)47(94)44(91)36(23-83)117-68,29-110-15-6-18-127-69-58(105)48(95)45(92)37(24-84)118-69)30-111-16-7-19-128-70-59(106)51(98)62(40(27-87)119-70)122-67-54(101)46(93)43(90)35(22-82)114-67/h31-70,82-106H,5-30H2,1-4H3,(H2,75,78,123)(H2,76,79,124)(H2,77,80,125)/t31-,32-,33?,34?,35?,36?,37?,38?,39?,40?,41-,42-,43-,44-,45-,46-,47-,48-,49+,50+,51+,52?,53?,54?,55?,56?,57?,58?,59?,60-,61-,62-,63+,64+,65-,66-,67-,68-,69-,70-,74?/m0/s1. The van der Waals surface area contributed by atoms with Gasteiger partial charge in [-0.15, -0.1) is 35.3 Å². The zero-order valence-electron chi connectivity index (χ0n) is 71.1. The summed E-state index contributed by atoms with van der Waals surface area (Å²) in [6.45, 7) is -0.244. The van der Waals surface area contributed by atoms with Crippen molar-refractivity contribution in [1.29, 1.82) is 0 Å². The molecule has 8 aliphatic heterocycles. The van der Waals surface area contributed by atoms with Crippen LogP contribution < -0.4 is 31.9 Å². The third kappa shape index (κ3) is 30.5. The van der Waals surface area contributed by atoms with Crippen LogP contribution in [0.15, 0.2) is 0 Å². The lowest BCUT2D eigenvalue weighted by atomic mass is 9.90. The average molecular weight is 1970 g/mol. The highest BCUT2D eigenvalue weighted by atomic mass is 32.2. The molecule has 0 aromatic carbocycles. The van der Waals surface area contributed by atoms with E-state index in [0.717, 1.165) is 35.3 Å². The van der Waals surface area contributed by atoms with Gasteiger partial charge in [0.2, 0.25) is 0 Å². The average Bonchev–Trinajstić information content (AvgIpc) is 0.790. The molecular weight excluding hydrogens is 1840 g/mol. The molecule has 54 heteroatoms. The predicted molar refractivity (Wildman–Crippen MR) is 457 cm³/mol. The van der Waals surface area contributed by atoms with Crippen molar-refractivity contribution in [1.82, 2.24) is 36.8 Å². The van der Waals surface area contributed by atoms with Crippen molar-refractivity contribution in [3.05, 3.63) is 0 Å². The highest BCUT2D eigenvalue weighted by Gasteiger charge is 2.55. The van der Waals surface area contributed by atoms with Crippen LogP contribution in [-0.4, -0.2) is 547 Å². The number of thiocarbonyl (C=S) groups is 3. The van der Waals surface area contributed by atoms with Crippen molar-refractivity contribution in [2.24, 2.45) is 11.8 Å². The van der Waals surface area contributed by atoms with Gasteiger partial charge in [-0.05, 0) is 73.2 Å². The van der Waals surface area contributed by atoms with Crippen molar-refractivity contribution in [2.75, 3.05) is 163 Å². The Labute approximate surface area is 768 Å². The monoisotopic (exact) mass is 1970 g/mol. The van der Waals surface area contributed by atoms with E-state index in [1.54, 1.807) is 13.8 Å². The van der Waals surface area contributed by atoms with E-state index in [-0.39, 0.29) is 131 Å². The maximum absolute atomic E-state index is 11.4. The van der Waals surface area contributed by atoms with E-state index in [1.807, 2.05) is 4.90 Å². The molecule has 16 unspecified atom stereocenters. The Morgan fingerprint density at radius 3 is 0.938 bits per heavy atom. The molecular formula is C74H135N7O41S6. The highest BCUT2D eigenvalue weighted by Crippen LogP contribution is 2.38. The quantitative estimate of drug-likeness (QED) is 0.0199. The second-order valence-electron chi connectivity index (χ2n) is 32.4. The second kappa shape index (κ2) is 55.3. The van der Waals surface area contributed by atoms with E-state index >= 15 is 0 Å². The number of hydrogen-bond donors (Lipinski definition) is 31. The molecule has 8 heterocycles. The van der Waals surface area contributed by atoms with Gasteiger partial charge in [-0.1, -0.05) is 13.8 Å². The first-order valence-corrected chi connectivity index (χ1v) is 46.7. The topological polar surface area (TPSA) is 729 Å². The summed E-state index contributed by atoms with van der Waals surface area (Å²) < 4.78 is 93.1. The van der Waals surface area contributed by atoms with Crippen LogP contribution in [0.4, 0.5) is 0 Å². The third-order valence-electron chi connectivity index (χ3n) is 23.2. The van der Waals surface area contributed by atoms with E-state index in [0.29, 0.717) is 12.8 Å². The van der Waals surface area contributed by atoms with Crippen LogP contribution in [0.5, 0.6) is 0 Å². The Morgan fingerprint density at radius 1 is 0.320 bits per heavy atom. The summed E-state index contributed by atoms with van der Waals surface area (Å²) in [6, 6.07) is 0. The molecule has 0 aliphatic carbocycles. The lowest BCUT2D eigenvalue weighted by Crippen LogP contribution is -2.64. The zero-order valence-corrected chi connectivity index (χ0v) is 76.0. The number of ether oxygens (including phenoxy) is 16. The number of rotatable bonds is 49. The summed E-state index contributed by atoms with van der Waals surface area (Å²) in [5, 5.41) is 285. The Balaban J connectivity index is 0.957. The van der Waals surface area contributed by atoms with E-state index in [9.17, 15) is 128 Å². The highest BCUT2D eigenvalue weighted by molar-refractivity contribution is 8.00. The SMILES string of the molecule is CO[C@@H]1OC(CO)[C@H](O[C@@H]2OC(CNC(=S)NCCN(CCNC(=S)NCC3O[C@@H](O[C@H]4C(CO)O[C@@H](OC)C(O)[C@H]4O)C(O)[C@@H](O)[C@H]3C)CCNC(=S)NC(COCCCS[C@@H]3OC(CO)[C@H](O)[C@H](O)C3O)(COCCCS[C@@H]3OC(CO)[C@H](O)[C@H](O)C3O)COCCCS[C@@H]3OC(CO)[C@H](O[C@@H]4OC(CO)[C@H](O)[C@H](O)C4O)[C@H](O)C3O)[C@H](C)[C@H](O)C2O)[C@H](O)C1O. The van der Waals surface area contributed by atoms with Crippen LogP contribution in [-0.2, 0) is 75.8 Å². The molecule has 0 amide bonds. The first-order chi connectivity index (χ1) is 61.1. The summed E-state index contributed by atoms with van der Waals surface area (Å²) in [4.78, 5) is 1.99. The molecule has 0 radical (unpaired) electrons. The molecule has 0 spiro atoms. The van der Waals surface area contributed by atoms with Crippen LogP contribution in [0.25, 0.3) is 0 Å². The van der Waals surface area contributed by atoms with Gasteiger partial charge in [-0.25, -0.2) is 0 Å². The summed E-state index contributed by atoms with van der Waals surface area (Å²) in [5.74, 6) is -0.700. The molecule has 8 rings (SSSR count). The summed E-state index contributed by atoms with van der Waals surface area (Å²) in [7, 11) is 2.45. The first-order valence-electron chi connectivity index (χ1n) is 42.3. The fourth-order valence-electron chi connectivity index (χ4n) is 15.3. The number of nitrogens with one attached hydrogen (secondary N) is 6. The molecule has 128 heavy (non-hydrogen) atoms. The van der Waals surface area contributed by atoms with E-state index < -0.39 is 288 Å². The van der Waals surface area contributed by atoms with E-state index in [4.69, 9.17) is 112 Å². The van der Waals surface area contributed by atoms with Crippen LogP contribution in [0.1, 0.15) is 33.1 Å². The van der Waals surface area contributed by atoms with Gasteiger partial charge in [-0.3, -0.25) is 4.90 Å². The minimum Gasteiger partial charge on any atom is -0.394 e. The van der Waals surface area contributed by atoms with Crippen LogP contribution in [0, 0.1) is 11.8 Å². The van der Waals surface area contributed by atoms with Crippen molar-refractivity contribution in [3.63, 3.8) is 0 Å².